The maximum absolute atomic E-state index is 13.6. The quantitative estimate of drug-likeness (QED) is 0.387. The summed E-state index contributed by atoms with van der Waals surface area (Å²) in [7, 11) is 3.10. The number of hydrogen-bond acceptors (Lipinski definition) is 5. The van der Waals surface area contributed by atoms with Crippen LogP contribution in [0.25, 0.3) is 0 Å². The molecule has 206 valence electrons. The van der Waals surface area contributed by atoms with Gasteiger partial charge in [0.2, 0.25) is 5.91 Å². The fourth-order valence-corrected chi connectivity index (χ4v) is 5.81. The van der Waals surface area contributed by atoms with E-state index in [0.717, 1.165) is 23.3 Å². The van der Waals surface area contributed by atoms with Crippen molar-refractivity contribution in [3.8, 4) is 11.5 Å². The highest BCUT2D eigenvalue weighted by Gasteiger charge is 2.43. The molecular formula is C29H29F3N2O4S. The van der Waals surface area contributed by atoms with Crippen LogP contribution >= 0.6 is 11.8 Å². The molecule has 1 N–H and O–H groups in total. The van der Waals surface area contributed by atoms with E-state index in [9.17, 15) is 22.8 Å². The largest absolute Gasteiger partial charge is 0.493 e. The van der Waals surface area contributed by atoms with Crippen molar-refractivity contribution in [1.29, 1.82) is 0 Å². The van der Waals surface area contributed by atoms with Crippen LogP contribution in [0, 0.1) is 6.92 Å². The first-order valence-electron chi connectivity index (χ1n) is 12.3. The summed E-state index contributed by atoms with van der Waals surface area (Å²) in [4.78, 5) is 28.4. The van der Waals surface area contributed by atoms with Crippen LogP contribution in [-0.4, -0.2) is 49.3 Å². The Bertz CT molecular complexity index is 1310. The van der Waals surface area contributed by atoms with Gasteiger partial charge in [0, 0.05) is 17.9 Å². The summed E-state index contributed by atoms with van der Waals surface area (Å²) in [6.45, 7) is 2.23. The normalized spacial score (nSPS) is 17.1. The van der Waals surface area contributed by atoms with Gasteiger partial charge < -0.3 is 19.7 Å². The van der Waals surface area contributed by atoms with Crippen molar-refractivity contribution in [2.45, 2.75) is 30.9 Å². The molecule has 1 fully saturated rings. The molecule has 2 unspecified atom stereocenters. The van der Waals surface area contributed by atoms with Gasteiger partial charge in [-0.1, -0.05) is 35.9 Å². The molecule has 2 atom stereocenters. The maximum atomic E-state index is 13.6. The summed E-state index contributed by atoms with van der Waals surface area (Å²) in [5.74, 6) is 0.823. The zero-order valence-electron chi connectivity index (χ0n) is 21.7. The zero-order valence-corrected chi connectivity index (χ0v) is 22.6. The number of thioether (sulfide) groups is 1. The number of nitrogens with zero attached hydrogens (tertiary/aromatic N) is 1. The number of aryl methyl sites for hydroxylation is 1. The van der Waals surface area contributed by atoms with Crippen LogP contribution in [0.1, 0.15) is 38.0 Å². The lowest BCUT2D eigenvalue weighted by Crippen LogP contribution is -2.48. The molecule has 3 aromatic carbocycles. The second-order valence-corrected chi connectivity index (χ2v) is 10.2. The van der Waals surface area contributed by atoms with Crippen molar-refractivity contribution in [1.82, 2.24) is 10.2 Å². The number of hydrogen-bond donors (Lipinski definition) is 1. The molecule has 0 saturated carbocycles. The molecule has 2 amide bonds. The van der Waals surface area contributed by atoms with E-state index in [-0.39, 0.29) is 11.8 Å². The molecule has 0 aliphatic carbocycles. The number of methoxy groups -OCH3 is 2. The highest BCUT2D eigenvalue weighted by atomic mass is 32.2. The molecule has 39 heavy (non-hydrogen) atoms. The molecule has 10 heteroatoms. The van der Waals surface area contributed by atoms with E-state index >= 15 is 0 Å². The fourth-order valence-electron chi connectivity index (χ4n) is 4.38. The molecule has 1 aliphatic heterocycles. The monoisotopic (exact) mass is 558 g/mol. The van der Waals surface area contributed by atoms with Crippen LogP contribution in [0.3, 0.4) is 0 Å². The Morgan fingerprint density at radius 1 is 0.974 bits per heavy atom. The SMILES string of the molecule is COc1ccc(CCNC(=O)C2CSC(c3ccc(C(F)(F)F)cc3)N2C(=O)c2ccc(C)cc2)cc1OC. The van der Waals surface area contributed by atoms with Gasteiger partial charge in [-0.15, -0.1) is 11.8 Å². The lowest BCUT2D eigenvalue weighted by molar-refractivity contribution is -0.137. The van der Waals surface area contributed by atoms with E-state index in [1.807, 2.05) is 31.2 Å². The first kappa shape index (κ1) is 28.4. The van der Waals surface area contributed by atoms with E-state index in [1.54, 1.807) is 32.4 Å². The summed E-state index contributed by atoms with van der Waals surface area (Å²) in [6, 6.07) is 16.5. The first-order chi connectivity index (χ1) is 18.6. The molecule has 1 saturated heterocycles. The zero-order chi connectivity index (χ0) is 28.2. The van der Waals surface area contributed by atoms with E-state index < -0.39 is 23.2 Å². The van der Waals surface area contributed by atoms with E-state index in [1.165, 1.54) is 28.8 Å². The lowest BCUT2D eigenvalue weighted by atomic mass is 10.1. The lowest BCUT2D eigenvalue weighted by Gasteiger charge is -2.29. The van der Waals surface area contributed by atoms with Crippen LogP contribution in [0.15, 0.2) is 66.7 Å². The predicted octanol–water partition coefficient (Wildman–Crippen LogP) is 5.65. The maximum Gasteiger partial charge on any atom is 0.416 e. The molecule has 0 spiro atoms. The summed E-state index contributed by atoms with van der Waals surface area (Å²) < 4.78 is 49.9. The Morgan fingerprint density at radius 3 is 2.26 bits per heavy atom. The van der Waals surface area contributed by atoms with Gasteiger partial charge in [-0.3, -0.25) is 9.59 Å². The minimum atomic E-state index is -4.46. The van der Waals surface area contributed by atoms with E-state index in [0.29, 0.717) is 41.3 Å². The second-order valence-electron chi connectivity index (χ2n) is 9.13. The van der Waals surface area contributed by atoms with Gasteiger partial charge in [0.1, 0.15) is 11.4 Å². The summed E-state index contributed by atoms with van der Waals surface area (Å²) in [6.07, 6.45) is -3.94. The van der Waals surface area contributed by atoms with Gasteiger partial charge in [-0.25, -0.2) is 0 Å². The number of rotatable bonds is 8. The Morgan fingerprint density at radius 2 is 1.64 bits per heavy atom. The highest BCUT2D eigenvalue weighted by Crippen LogP contribution is 2.43. The van der Waals surface area contributed by atoms with Crippen molar-refractivity contribution in [3.63, 3.8) is 0 Å². The van der Waals surface area contributed by atoms with Gasteiger partial charge in [0.25, 0.3) is 5.91 Å². The topological polar surface area (TPSA) is 67.9 Å². The number of carbonyl (C=O) groups excluding carboxylic acids is 2. The number of halogens is 3. The Balaban J connectivity index is 1.53. The molecule has 6 nitrogen and oxygen atoms in total. The Kier molecular flexibility index (Phi) is 8.74. The molecule has 3 aromatic rings. The van der Waals surface area contributed by atoms with Gasteiger partial charge in [0.15, 0.2) is 11.5 Å². The van der Waals surface area contributed by atoms with Crippen LogP contribution in [0.4, 0.5) is 13.2 Å². The standard InChI is InChI=1S/C29H29F3N2O4S/c1-18-4-7-20(8-5-18)27(36)34-23(17-39-28(34)21-9-11-22(12-10-21)29(30,31)32)26(35)33-15-14-19-6-13-24(37-2)25(16-19)38-3/h4-13,16,23,28H,14-15,17H2,1-3H3,(H,33,35). The third-order valence-corrected chi connectivity index (χ3v) is 7.84. The molecule has 0 bridgehead atoms. The van der Waals surface area contributed by atoms with E-state index in [4.69, 9.17) is 9.47 Å². The van der Waals surface area contributed by atoms with Crippen LogP contribution in [-0.2, 0) is 17.4 Å². The highest BCUT2D eigenvalue weighted by molar-refractivity contribution is 7.99. The minimum absolute atomic E-state index is 0.311. The molecule has 1 aliphatic rings. The number of carbonyl (C=O) groups is 2. The van der Waals surface area contributed by atoms with Gasteiger partial charge >= 0.3 is 6.18 Å². The van der Waals surface area contributed by atoms with Gasteiger partial charge in [-0.05, 0) is 60.9 Å². The second kappa shape index (κ2) is 12.0. The van der Waals surface area contributed by atoms with E-state index in [2.05, 4.69) is 5.32 Å². The summed E-state index contributed by atoms with van der Waals surface area (Å²) >= 11 is 1.35. The number of ether oxygens (including phenoxy) is 2. The molecule has 0 radical (unpaired) electrons. The molecule has 4 rings (SSSR count). The van der Waals surface area contributed by atoms with Crippen molar-refractivity contribution >= 4 is 23.6 Å². The number of nitrogens with one attached hydrogen (secondary N) is 1. The predicted molar refractivity (Wildman–Crippen MR) is 144 cm³/mol. The molecule has 0 aromatic heterocycles. The minimum Gasteiger partial charge on any atom is -0.493 e. The Labute approximate surface area is 229 Å². The summed E-state index contributed by atoms with van der Waals surface area (Å²) in [5.41, 5.74) is 2.07. The van der Waals surface area contributed by atoms with Gasteiger partial charge in [0.05, 0.1) is 19.8 Å². The number of alkyl halides is 3. The molecule has 1 heterocycles. The summed E-state index contributed by atoms with van der Waals surface area (Å²) in [5, 5.41) is 2.31. The van der Waals surface area contributed by atoms with Crippen LogP contribution in [0.2, 0.25) is 0 Å². The van der Waals surface area contributed by atoms with Crippen LogP contribution < -0.4 is 14.8 Å². The fraction of sp³-hybridized carbons (Fsp3) is 0.310. The Hall–Kier alpha value is -3.66. The third-order valence-electron chi connectivity index (χ3n) is 6.52. The number of benzene rings is 3. The van der Waals surface area contributed by atoms with Crippen molar-refractivity contribution in [2.75, 3.05) is 26.5 Å². The van der Waals surface area contributed by atoms with Gasteiger partial charge in [-0.2, -0.15) is 13.2 Å². The smallest absolute Gasteiger partial charge is 0.416 e. The van der Waals surface area contributed by atoms with Crippen LogP contribution in [0.5, 0.6) is 11.5 Å². The van der Waals surface area contributed by atoms with Crippen molar-refractivity contribution < 1.29 is 32.2 Å². The van der Waals surface area contributed by atoms with Crippen molar-refractivity contribution in [2.24, 2.45) is 0 Å². The molecular weight excluding hydrogens is 529 g/mol. The third kappa shape index (κ3) is 6.50. The number of amides is 2. The first-order valence-corrected chi connectivity index (χ1v) is 13.3. The van der Waals surface area contributed by atoms with Crippen molar-refractivity contribution in [3.05, 3.63) is 94.5 Å². The average molecular weight is 559 g/mol. The average Bonchev–Trinajstić information content (AvgIpc) is 3.38.